The molecule has 0 atom stereocenters. The molecular weight excluding hydrogens is 352 g/mol. The summed E-state index contributed by atoms with van der Waals surface area (Å²) in [4.78, 5) is 11.3. The summed E-state index contributed by atoms with van der Waals surface area (Å²) in [7, 11) is 1.53. The van der Waals surface area contributed by atoms with E-state index in [1.54, 1.807) is 18.2 Å². The van der Waals surface area contributed by atoms with Gasteiger partial charge in [0.25, 0.3) is 0 Å². The zero-order valence-corrected chi connectivity index (χ0v) is 18.0. The van der Waals surface area contributed by atoms with Gasteiger partial charge in [-0.2, -0.15) is 0 Å². The molecule has 0 aliphatic carbocycles. The SMILES string of the molecule is CCCCCCCCCCCCCCCCOc1c(OC)cccc1C(=O)O. The molecule has 1 aromatic rings. The molecule has 0 saturated heterocycles. The Kier molecular flexibility index (Phi) is 14.1. The van der Waals surface area contributed by atoms with Crippen molar-refractivity contribution < 1.29 is 19.4 Å². The van der Waals surface area contributed by atoms with Crippen molar-refractivity contribution in [3.8, 4) is 11.5 Å². The largest absolute Gasteiger partial charge is 0.493 e. The molecule has 0 aromatic heterocycles. The van der Waals surface area contributed by atoms with Gasteiger partial charge in [0.2, 0.25) is 0 Å². The number of hydrogen-bond acceptors (Lipinski definition) is 3. The summed E-state index contributed by atoms with van der Waals surface area (Å²) in [6.45, 7) is 2.79. The van der Waals surface area contributed by atoms with Crippen molar-refractivity contribution in [2.45, 2.75) is 96.8 Å². The van der Waals surface area contributed by atoms with E-state index in [9.17, 15) is 9.90 Å². The van der Waals surface area contributed by atoms with Crippen LogP contribution in [0.5, 0.6) is 11.5 Å². The van der Waals surface area contributed by atoms with Crippen LogP contribution in [0.2, 0.25) is 0 Å². The van der Waals surface area contributed by atoms with Crippen LogP contribution in [0, 0.1) is 0 Å². The first-order chi connectivity index (χ1) is 13.7. The third kappa shape index (κ3) is 10.6. The topological polar surface area (TPSA) is 55.8 Å². The molecule has 0 radical (unpaired) electrons. The fourth-order valence-electron chi connectivity index (χ4n) is 3.46. The fraction of sp³-hybridized carbons (Fsp3) is 0.708. The first kappa shape index (κ1) is 24.3. The lowest BCUT2D eigenvalue weighted by atomic mass is 10.0. The molecule has 1 N–H and O–H groups in total. The van der Waals surface area contributed by atoms with E-state index in [4.69, 9.17) is 9.47 Å². The van der Waals surface area contributed by atoms with Crippen LogP contribution in [0.4, 0.5) is 0 Å². The molecule has 0 bridgehead atoms. The molecule has 0 aliphatic heterocycles. The van der Waals surface area contributed by atoms with Crippen LogP contribution in [-0.2, 0) is 0 Å². The van der Waals surface area contributed by atoms with E-state index in [0.29, 0.717) is 18.1 Å². The first-order valence-corrected chi connectivity index (χ1v) is 11.2. The lowest BCUT2D eigenvalue weighted by Crippen LogP contribution is -2.06. The molecule has 0 fully saturated rings. The van der Waals surface area contributed by atoms with Crippen LogP contribution in [-0.4, -0.2) is 24.8 Å². The Bertz CT molecular complexity index is 527. The molecule has 0 heterocycles. The highest BCUT2D eigenvalue weighted by Crippen LogP contribution is 2.31. The van der Waals surface area contributed by atoms with Gasteiger partial charge in [0, 0.05) is 0 Å². The second-order valence-electron chi connectivity index (χ2n) is 7.59. The molecule has 4 heteroatoms. The number of aromatic carboxylic acids is 1. The summed E-state index contributed by atoms with van der Waals surface area (Å²) in [5.74, 6) is -0.174. The number of ether oxygens (including phenoxy) is 2. The molecule has 0 aliphatic rings. The minimum absolute atomic E-state index is 0.157. The molecule has 1 aromatic carbocycles. The number of hydrogen-bond donors (Lipinski definition) is 1. The normalized spacial score (nSPS) is 10.8. The third-order valence-corrected chi connectivity index (χ3v) is 5.17. The second-order valence-corrected chi connectivity index (χ2v) is 7.59. The van der Waals surface area contributed by atoms with Gasteiger partial charge in [0.05, 0.1) is 13.7 Å². The molecular formula is C24H40O4. The van der Waals surface area contributed by atoms with Gasteiger partial charge in [0.15, 0.2) is 11.5 Å². The maximum atomic E-state index is 11.3. The van der Waals surface area contributed by atoms with Gasteiger partial charge < -0.3 is 14.6 Å². The number of carboxylic acids is 1. The Balaban J connectivity index is 2.01. The van der Waals surface area contributed by atoms with Gasteiger partial charge in [-0.3, -0.25) is 0 Å². The van der Waals surface area contributed by atoms with Crippen LogP contribution in [0.15, 0.2) is 18.2 Å². The van der Waals surface area contributed by atoms with Crippen molar-refractivity contribution >= 4 is 5.97 Å². The van der Waals surface area contributed by atoms with E-state index in [0.717, 1.165) is 12.8 Å². The Hall–Kier alpha value is -1.71. The predicted octanol–water partition coefficient (Wildman–Crippen LogP) is 7.25. The van der Waals surface area contributed by atoms with Crippen molar-refractivity contribution in [3.05, 3.63) is 23.8 Å². The maximum Gasteiger partial charge on any atom is 0.339 e. The van der Waals surface area contributed by atoms with E-state index in [2.05, 4.69) is 6.92 Å². The van der Waals surface area contributed by atoms with Crippen molar-refractivity contribution in [2.24, 2.45) is 0 Å². The van der Waals surface area contributed by atoms with E-state index in [1.807, 2.05) is 0 Å². The van der Waals surface area contributed by atoms with E-state index >= 15 is 0 Å². The summed E-state index contributed by atoms with van der Waals surface area (Å²) < 4.78 is 10.9. The molecule has 4 nitrogen and oxygen atoms in total. The zero-order chi connectivity index (χ0) is 20.5. The van der Waals surface area contributed by atoms with Gasteiger partial charge in [0.1, 0.15) is 5.56 Å². The number of unbranched alkanes of at least 4 members (excludes halogenated alkanes) is 13. The highest BCUT2D eigenvalue weighted by Gasteiger charge is 2.15. The van der Waals surface area contributed by atoms with Crippen LogP contribution in [0.1, 0.15) is 107 Å². The van der Waals surface area contributed by atoms with Gasteiger partial charge in [-0.05, 0) is 18.6 Å². The van der Waals surface area contributed by atoms with Crippen LogP contribution < -0.4 is 9.47 Å². The van der Waals surface area contributed by atoms with Crippen LogP contribution in [0.3, 0.4) is 0 Å². The monoisotopic (exact) mass is 392 g/mol. The predicted molar refractivity (Wildman–Crippen MR) is 116 cm³/mol. The van der Waals surface area contributed by atoms with E-state index in [1.165, 1.54) is 84.2 Å². The summed E-state index contributed by atoms with van der Waals surface area (Å²) in [5.41, 5.74) is 0.157. The third-order valence-electron chi connectivity index (χ3n) is 5.17. The maximum absolute atomic E-state index is 11.3. The van der Waals surface area contributed by atoms with Gasteiger partial charge >= 0.3 is 5.97 Å². The molecule has 0 saturated carbocycles. The lowest BCUT2D eigenvalue weighted by Gasteiger charge is -2.13. The second kappa shape index (κ2) is 16.3. The van der Waals surface area contributed by atoms with Crippen LogP contribution >= 0.6 is 0 Å². The number of carbonyl (C=O) groups is 1. The zero-order valence-electron chi connectivity index (χ0n) is 18.0. The van der Waals surface area contributed by atoms with Gasteiger partial charge in [-0.15, -0.1) is 0 Å². The quantitative estimate of drug-likeness (QED) is 0.267. The average Bonchev–Trinajstić information content (AvgIpc) is 2.70. The first-order valence-electron chi connectivity index (χ1n) is 11.2. The number of para-hydroxylation sites is 1. The average molecular weight is 393 g/mol. The Labute approximate surface area is 171 Å². The highest BCUT2D eigenvalue weighted by molar-refractivity contribution is 5.92. The summed E-state index contributed by atoms with van der Waals surface area (Å²) >= 11 is 0. The Morgan fingerprint density at radius 1 is 0.821 bits per heavy atom. The number of carboxylic acid groups (broad SMARTS) is 1. The van der Waals surface area contributed by atoms with Gasteiger partial charge in [-0.1, -0.05) is 96.5 Å². The van der Waals surface area contributed by atoms with Gasteiger partial charge in [-0.25, -0.2) is 4.79 Å². The minimum atomic E-state index is -0.991. The standard InChI is InChI=1S/C24H40O4/c1-3-4-5-6-7-8-9-10-11-12-13-14-15-16-20-28-23-21(24(25)26)18-17-19-22(23)27-2/h17-19H,3-16,20H2,1-2H3,(H,25,26). The molecule has 0 amide bonds. The van der Waals surface area contributed by atoms with Crippen molar-refractivity contribution in [2.75, 3.05) is 13.7 Å². The van der Waals surface area contributed by atoms with E-state index in [-0.39, 0.29) is 5.56 Å². The minimum Gasteiger partial charge on any atom is -0.493 e. The smallest absolute Gasteiger partial charge is 0.339 e. The van der Waals surface area contributed by atoms with Crippen LogP contribution in [0.25, 0.3) is 0 Å². The number of methoxy groups -OCH3 is 1. The summed E-state index contributed by atoms with van der Waals surface area (Å²) in [5, 5.41) is 9.28. The molecule has 0 spiro atoms. The van der Waals surface area contributed by atoms with E-state index < -0.39 is 5.97 Å². The lowest BCUT2D eigenvalue weighted by molar-refractivity contribution is 0.0691. The molecule has 160 valence electrons. The summed E-state index contributed by atoms with van der Waals surface area (Å²) in [6.07, 6.45) is 18.4. The number of benzene rings is 1. The molecule has 1 rings (SSSR count). The highest BCUT2D eigenvalue weighted by atomic mass is 16.5. The Morgan fingerprint density at radius 2 is 1.32 bits per heavy atom. The fourth-order valence-corrected chi connectivity index (χ4v) is 3.46. The number of rotatable bonds is 18. The van der Waals surface area contributed by atoms with Crippen molar-refractivity contribution in [3.63, 3.8) is 0 Å². The summed E-state index contributed by atoms with van der Waals surface area (Å²) in [6, 6.07) is 4.94. The Morgan fingerprint density at radius 3 is 1.79 bits per heavy atom. The molecule has 0 unspecified atom stereocenters. The van der Waals surface area contributed by atoms with Crippen molar-refractivity contribution in [1.29, 1.82) is 0 Å². The van der Waals surface area contributed by atoms with Crippen molar-refractivity contribution in [1.82, 2.24) is 0 Å². The molecule has 28 heavy (non-hydrogen) atoms.